The van der Waals surface area contributed by atoms with Gasteiger partial charge in [0, 0.05) is 5.57 Å². The number of methoxy groups -OCH3 is 1. The minimum Gasteiger partial charge on any atom is -0.469 e. The van der Waals surface area contributed by atoms with Crippen molar-refractivity contribution in [2.24, 2.45) is 0 Å². The van der Waals surface area contributed by atoms with Crippen LogP contribution < -0.4 is 9.92 Å². The average Bonchev–Trinajstić information content (AvgIpc) is 2.25. The van der Waals surface area contributed by atoms with Crippen molar-refractivity contribution in [1.82, 2.24) is 0 Å². The van der Waals surface area contributed by atoms with Crippen molar-refractivity contribution in [3.63, 3.8) is 0 Å². The zero-order valence-electron chi connectivity index (χ0n) is 10.7. The molecular weight excluding hydrogens is 216 g/mol. The molecule has 0 aliphatic rings. The summed E-state index contributed by atoms with van der Waals surface area (Å²) in [6, 6.07) is 8.20. The maximum atomic E-state index is 5.81. The summed E-state index contributed by atoms with van der Waals surface area (Å²) in [6.07, 6.45) is 0. The fourth-order valence-electron chi connectivity index (χ4n) is 1.50. The summed E-state index contributed by atoms with van der Waals surface area (Å²) in [5.74, 6) is 1.53. The molecule has 1 aromatic rings. The van der Waals surface area contributed by atoms with Crippen LogP contribution in [0.4, 0.5) is 0 Å². The molecule has 3 heteroatoms. The number of allylic oxidation sites excluding steroid dienone is 1. The van der Waals surface area contributed by atoms with Gasteiger partial charge in [0.2, 0.25) is 0 Å². The maximum absolute atomic E-state index is 5.81. The van der Waals surface area contributed by atoms with E-state index in [9.17, 15) is 0 Å². The van der Waals surface area contributed by atoms with Gasteiger partial charge in [-0.3, -0.25) is 0 Å². The molecule has 0 saturated carbocycles. The predicted molar refractivity (Wildman–Crippen MR) is 71.0 cm³/mol. The molecule has 0 bridgehead atoms. The Morgan fingerprint density at radius 3 is 2.25 bits per heavy atom. The van der Waals surface area contributed by atoms with Crippen molar-refractivity contribution in [3.05, 3.63) is 35.8 Å². The minimum atomic E-state index is -0.873. The van der Waals surface area contributed by atoms with Crippen molar-refractivity contribution in [2.45, 2.75) is 26.9 Å². The lowest BCUT2D eigenvalue weighted by Crippen LogP contribution is -2.24. The molecule has 0 aliphatic carbocycles. The molecule has 16 heavy (non-hydrogen) atoms. The predicted octanol–water partition coefficient (Wildman–Crippen LogP) is 2.66. The summed E-state index contributed by atoms with van der Waals surface area (Å²) < 4.78 is 11.0. The minimum absolute atomic E-state index is 0.599. The Bertz CT molecular complexity index is 379. The van der Waals surface area contributed by atoms with Crippen molar-refractivity contribution in [3.8, 4) is 5.75 Å². The average molecular weight is 236 g/mol. The molecule has 88 valence electrons. The van der Waals surface area contributed by atoms with Gasteiger partial charge in [0.1, 0.15) is 5.75 Å². The number of hydrogen-bond donors (Lipinski definition) is 0. The van der Waals surface area contributed by atoms with Crippen molar-refractivity contribution in [2.75, 3.05) is 7.11 Å². The van der Waals surface area contributed by atoms with Gasteiger partial charge in [0.25, 0.3) is 5.95 Å². The molecule has 1 rings (SSSR count). The van der Waals surface area contributed by atoms with Gasteiger partial charge < -0.3 is 9.47 Å². The fraction of sp³-hybridized carbons (Fsp3) is 0.385. The van der Waals surface area contributed by atoms with Crippen LogP contribution >= 0.6 is 0 Å². The second-order valence-corrected chi connectivity index (χ2v) is 7.22. The third kappa shape index (κ3) is 3.13. The Kier molecular flexibility index (Phi) is 4.62. The SMILES string of the molecule is COC(Oc1ccccc1[SiH](C)C)=C(C)C. The van der Waals surface area contributed by atoms with Crippen LogP contribution in [0, 0.1) is 0 Å². The summed E-state index contributed by atoms with van der Waals surface area (Å²) in [5, 5.41) is 1.33. The summed E-state index contributed by atoms with van der Waals surface area (Å²) in [5.41, 5.74) is 1.04. The molecule has 0 fully saturated rings. The van der Waals surface area contributed by atoms with E-state index in [1.807, 2.05) is 26.0 Å². The van der Waals surface area contributed by atoms with Gasteiger partial charge >= 0.3 is 0 Å². The fourth-order valence-corrected chi connectivity index (χ4v) is 2.72. The van der Waals surface area contributed by atoms with E-state index in [2.05, 4.69) is 25.2 Å². The second-order valence-electron chi connectivity index (χ2n) is 4.29. The van der Waals surface area contributed by atoms with Crippen LogP contribution in [-0.4, -0.2) is 15.9 Å². The quantitative estimate of drug-likeness (QED) is 0.591. The summed E-state index contributed by atoms with van der Waals surface area (Å²) >= 11 is 0. The highest BCUT2D eigenvalue weighted by molar-refractivity contribution is 6.71. The van der Waals surface area contributed by atoms with E-state index < -0.39 is 8.80 Å². The van der Waals surface area contributed by atoms with Gasteiger partial charge in [-0.1, -0.05) is 31.3 Å². The number of hydrogen-bond acceptors (Lipinski definition) is 2. The standard InChI is InChI=1S/C13H20O2Si/c1-10(2)13(14-3)15-11-8-6-7-9-12(11)16(4)5/h6-9,16H,1-5H3. The van der Waals surface area contributed by atoms with Gasteiger partial charge in [0.15, 0.2) is 0 Å². The van der Waals surface area contributed by atoms with Crippen molar-refractivity contribution in [1.29, 1.82) is 0 Å². The molecule has 0 aromatic heterocycles. The maximum Gasteiger partial charge on any atom is 0.282 e. The molecule has 0 N–H and O–H groups in total. The van der Waals surface area contributed by atoms with Gasteiger partial charge in [-0.05, 0) is 25.1 Å². The van der Waals surface area contributed by atoms with E-state index in [1.165, 1.54) is 5.19 Å². The van der Waals surface area contributed by atoms with Crippen molar-refractivity contribution < 1.29 is 9.47 Å². The van der Waals surface area contributed by atoms with Crippen LogP contribution in [0.25, 0.3) is 0 Å². The topological polar surface area (TPSA) is 18.5 Å². The number of para-hydroxylation sites is 1. The first-order valence-corrected chi connectivity index (χ1v) is 8.43. The Morgan fingerprint density at radius 1 is 1.12 bits per heavy atom. The van der Waals surface area contributed by atoms with Crippen LogP contribution in [0.1, 0.15) is 13.8 Å². The first-order chi connectivity index (χ1) is 7.56. The lowest BCUT2D eigenvalue weighted by Gasteiger charge is -2.15. The van der Waals surface area contributed by atoms with E-state index in [-0.39, 0.29) is 0 Å². The number of benzene rings is 1. The molecule has 0 aliphatic heterocycles. The Labute approximate surface area is 99.5 Å². The molecule has 0 heterocycles. The molecule has 0 unspecified atom stereocenters. The highest BCUT2D eigenvalue weighted by atomic mass is 28.3. The molecule has 0 amide bonds. The van der Waals surface area contributed by atoms with Gasteiger partial charge in [-0.15, -0.1) is 0 Å². The zero-order valence-corrected chi connectivity index (χ0v) is 11.9. The van der Waals surface area contributed by atoms with Crippen LogP contribution in [0.3, 0.4) is 0 Å². The molecular formula is C13H20O2Si. The largest absolute Gasteiger partial charge is 0.469 e. The van der Waals surface area contributed by atoms with E-state index >= 15 is 0 Å². The van der Waals surface area contributed by atoms with Crippen LogP contribution in [0.2, 0.25) is 13.1 Å². The van der Waals surface area contributed by atoms with E-state index in [0.29, 0.717) is 5.95 Å². The first kappa shape index (κ1) is 12.8. The Balaban J connectivity index is 3.01. The molecule has 0 saturated heterocycles. The van der Waals surface area contributed by atoms with E-state index in [1.54, 1.807) is 7.11 Å². The molecule has 0 radical (unpaired) electrons. The monoisotopic (exact) mass is 236 g/mol. The summed E-state index contributed by atoms with van der Waals surface area (Å²) in [4.78, 5) is 0. The van der Waals surface area contributed by atoms with E-state index in [4.69, 9.17) is 9.47 Å². The third-order valence-electron chi connectivity index (χ3n) is 2.34. The molecule has 1 aromatic carbocycles. The van der Waals surface area contributed by atoms with Gasteiger partial charge in [-0.25, -0.2) is 0 Å². The first-order valence-electron chi connectivity index (χ1n) is 5.54. The second kappa shape index (κ2) is 5.75. The molecule has 0 spiro atoms. The Hall–Kier alpha value is -1.22. The smallest absolute Gasteiger partial charge is 0.282 e. The highest BCUT2D eigenvalue weighted by Gasteiger charge is 2.10. The molecule has 0 atom stereocenters. The van der Waals surface area contributed by atoms with Crippen LogP contribution in [-0.2, 0) is 4.74 Å². The van der Waals surface area contributed by atoms with Gasteiger partial charge in [0.05, 0.1) is 15.9 Å². The lowest BCUT2D eigenvalue weighted by atomic mass is 10.3. The van der Waals surface area contributed by atoms with E-state index in [0.717, 1.165) is 11.3 Å². The lowest BCUT2D eigenvalue weighted by molar-refractivity contribution is 0.147. The van der Waals surface area contributed by atoms with Crippen LogP contribution in [0.15, 0.2) is 35.8 Å². The number of ether oxygens (including phenoxy) is 2. The molecule has 2 nitrogen and oxygen atoms in total. The summed E-state index contributed by atoms with van der Waals surface area (Å²) in [6.45, 7) is 8.54. The zero-order chi connectivity index (χ0) is 12.1. The summed E-state index contributed by atoms with van der Waals surface area (Å²) in [7, 11) is 0.764. The normalized spacial score (nSPS) is 10.1. The Morgan fingerprint density at radius 2 is 1.75 bits per heavy atom. The van der Waals surface area contributed by atoms with Crippen molar-refractivity contribution >= 4 is 14.0 Å². The van der Waals surface area contributed by atoms with Gasteiger partial charge in [-0.2, -0.15) is 0 Å². The number of rotatable bonds is 4. The van der Waals surface area contributed by atoms with Crippen LogP contribution in [0.5, 0.6) is 5.75 Å². The third-order valence-corrected chi connectivity index (χ3v) is 4.06. The highest BCUT2D eigenvalue weighted by Crippen LogP contribution is 2.14.